The summed E-state index contributed by atoms with van der Waals surface area (Å²) in [5, 5.41) is 3.58. The Morgan fingerprint density at radius 3 is 2.67 bits per heavy atom. The van der Waals surface area contributed by atoms with Gasteiger partial charge in [-0.3, -0.25) is 4.79 Å². The average molecular weight is 514 g/mol. The van der Waals surface area contributed by atoms with Crippen LogP contribution in [-0.2, 0) is 19.0 Å². The van der Waals surface area contributed by atoms with Crippen LogP contribution < -0.4 is 5.32 Å². The summed E-state index contributed by atoms with van der Waals surface area (Å²) >= 11 is 1.43. The molecule has 190 valence electrons. The molecule has 0 saturated carbocycles. The first kappa shape index (κ1) is 24.8. The lowest BCUT2D eigenvalue weighted by Crippen LogP contribution is -2.49. The van der Waals surface area contributed by atoms with Gasteiger partial charge in [-0.1, -0.05) is 11.8 Å². The summed E-state index contributed by atoms with van der Waals surface area (Å²) in [5.41, 5.74) is 1.76. The number of hydrogen-bond donors (Lipinski definition) is 2. The number of aromatic amines is 1. The minimum atomic E-state index is -0.829. The second-order valence-electron chi connectivity index (χ2n) is 9.14. The van der Waals surface area contributed by atoms with Gasteiger partial charge in [-0.2, -0.15) is 0 Å². The zero-order valence-corrected chi connectivity index (χ0v) is 20.9. The molecule has 3 aromatic rings. The molecule has 9 nitrogen and oxygen atoms in total. The van der Waals surface area contributed by atoms with Crippen molar-refractivity contribution in [3.8, 4) is 22.6 Å². The Morgan fingerprint density at radius 1 is 1.19 bits per heavy atom. The van der Waals surface area contributed by atoms with Gasteiger partial charge in [-0.05, 0) is 56.4 Å². The van der Waals surface area contributed by atoms with Crippen molar-refractivity contribution in [2.24, 2.45) is 5.41 Å². The quantitative estimate of drug-likeness (QED) is 0.363. The number of nitrogens with one attached hydrogen (secondary N) is 2. The second-order valence-corrected chi connectivity index (χ2v) is 9.91. The number of aromatic nitrogens is 4. The molecule has 0 spiro atoms. The summed E-state index contributed by atoms with van der Waals surface area (Å²) in [7, 11) is 0. The summed E-state index contributed by atoms with van der Waals surface area (Å²) in [6, 6.07) is 7.87. The predicted octanol–water partition coefficient (Wildman–Crippen LogP) is 3.74. The highest BCUT2D eigenvalue weighted by Crippen LogP contribution is 2.35. The molecule has 11 heteroatoms. The van der Waals surface area contributed by atoms with Crippen LogP contribution >= 0.6 is 11.8 Å². The third-order valence-electron chi connectivity index (χ3n) is 6.30. The van der Waals surface area contributed by atoms with E-state index in [1.165, 1.54) is 23.9 Å². The van der Waals surface area contributed by atoms with Gasteiger partial charge in [0.05, 0.1) is 41.8 Å². The highest BCUT2D eigenvalue weighted by Gasteiger charge is 2.41. The molecule has 2 aliphatic heterocycles. The van der Waals surface area contributed by atoms with Crippen LogP contribution in [0.15, 0.2) is 41.7 Å². The van der Waals surface area contributed by atoms with E-state index in [4.69, 9.17) is 19.2 Å². The van der Waals surface area contributed by atoms with E-state index in [-0.39, 0.29) is 31.0 Å². The fraction of sp³-hybridized carbons (Fsp3) is 0.440. The number of nitrogens with zero attached hydrogens (tertiary/aromatic N) is 3. The van der Waals surface area contributed by atoms with Gasteiger partial charge in [-0.25, -0.2) is 19.3 Å². The first-order valence-corrected chi connectivity index (χ1v) is 13.0. The van der Waals surface area contributed by atoms with Crippen LogP contribution in [0.25, 0.3) is 22.6 Å². The number of H-pyrrole nitrogens is 1. The maximum absolute atomic E-state index is 13.6. The molecule has 0 aliphatic carbocycles. The molecule has 36 heavy (non-hydrogen) atoms. The third-order valence-corrected chi connectivity index (χ3v) is 6.87. The summed E-state index contributed by atoms with van der Waals surface area (Å²) < 4.78 is 31.1. The van der Waals surface area contributed by atoms with Gasteiger partial charge in [0.25, 0.3) is 0 Å². The standard InChI is InChI=1S/C25H28FN5O4S/c1-25(23(32)28-12-17-4-3-11-33-17)13-34-22(35-14-25)21-30-19(15-5-7-16(26)8-6-15)20(31-21)18-9-10-27-24(29-18)36-2/h5-10,17,22H,3-4,11-14H2,1-2H3,(H,28,32)(H,30,31). The molecule has 0 radical (unpaired) electrons. The molecular formula is C25H28FN5O4S. The van der Waals surface area contributed by atoms with Gasteiger partial charge in [-0.15, -0.1) is 0 Å². The largest absolute Gasteiger partial charge is 0.376 e. The van der Waals surface area contributed by atoms with E-state index >= 15 is 0 Å². The summed E-state index contributed by atoms with van der Waals surface area (Å²) in [6.07, 6.45) is 4.82. The van der Waals surface area contributed by atoms with Crippen molar-refractivity contribution in [2.75, 3.05) is 32.6 Å². The molecule has 0 bridgehead atoms. The van der Waals surface area contributed by atoms with Gasteiger partial charge >= 0.3 is 0 Å². The molecule has 1 unspecified atom stereocenters. The molecule has 2 aromatic heterocycles. The third kappa shape index (κ3) is 5.29. The van der Waals surface area contributed by atoms with E-state index in [1.54, 1.807) is 24.4 Å². The number of hydrogen-bond acceptors (Lipinski definition) is 8. The van der Waals surface area contributed by atoms with Crippen molar-refractivity contribution >= 4 is 17.7 Å². The smallest absolute Gasteiger partial charge is 0.230 e. The lowest BCUT2D eigenvalue weighted by molar-refractivity contribution is -0.231. The Morgan fingerprint density at radius 2 is 1.97 bits per heavy atom. The zero-order chi connectivity index (χ0) is 25.1. The summed E-state index contributed by atoms with van der Waals surface area (Å²) in [6.45, 7) is 3.38. The number of imidazole rings is 1. The van der Waals surface area contributed by atoms with Gasteiger partial charge in [0.15, 0.2) is 11.0 Å². The fourth-order valence-corrected chi connectivity index (χ4v) is 4.56. The molecule has 2 aliphatic rings. The van der Waals surface area contributed by atoms with Crippen LogP contribution in [0, 0.1) is 11.2 Å². The van der Waals surface area contributed by atoms with Crippen molar-refractivity contribution in [1.29, 1.82) is 0 Å². The van der Waals surface area contributed by atoms with Crippen LogP contribution in [0.2, 0.25) is 0 Å². The molecule has 1 aromatic carbocycles. The van der Waals surface area contributed by atoms with E-state index in [0.717, 1.165) is 19.4 Å². The van der Waals surface area contributed by atoms with Gasteiger partial charge < -0.3 is 24.5 Å². The second kappa shape index (κ2) is 10.6. The van der Waals surface area contributed by atoms with E-state index in [1.807, 2.05) is 13.2 Å². The maximum atomic E-state index is 13.6. The topological polar surface area (TPSA) is 111 Å². The average Bonchev–Trinajstić information content (AvgIpc) is 3.59. The van der Waals surface area contributed by atoms with Crippen molar-refractivity contribution in [1.82, 2.24) is 25.3 Å². The molecule has 1 atom stereocenters. The number of thioether (sulfide) groups is 1. The SMILES string of the molecule is CSc1nccc(-c2[nH]c(C3OCC(C)(C(=O)NCC4CCCO4)CO3)nc2-c2ccc(F)cc2)n1. The molecule has 1 amide bonds. The highest BCUT2D eigenvalue weighted by molar-refractivity contribution is 7.98. The summed E-state index contributed by atoms with van der Waals surface area (Å²) in [5.74, 6) is -0.0246. The number of carbonyl (C=O) groups is 1. The van der Waals surface area contributed by atoms with Crippen molar-refractivity contribution in [3.63, 3.8) is 0 Å². The van der Waals surface area contributed by atoms with Crippen LogP contribution in [0.5, 0.6) is 0 Å². The molecule has 4 heterocycles. The van der Waals surface area contributed by atoms with Gasteiger partial charge in [0, 0.05) is 24.9 Å². The van der Waals surface area contributed by atoms with E-state index in [0.29, 0.717) is 40.2 Å². The normalized spacial score (nSPS) is 24.1. The lowest BCUT2D eigenvalue weighted by Gasteiger charge is -2.35. The predicted molar refractivity (Wildman–Crippen MR) is 132 cm³/mol. The number of rotatable bonds is 7. The van der Waals surface area contributed by atoms with Gasteiger partial charge in [0.2, 0.25) is 12.2 Å². The Hall–Kier alpha value is -2.86. The number of amides is 1. The Balaban J connectivity index is 1.35. The Labute approximate surface area is 212 Å². The fourth-order valence-electron chi connectivity index (χ4n) is 4.21. The molecule has 2 fully saturated rings. The minimum Gasteiger partial charge on any atom is -0.376 e. The van der Waals surface area contributed by atoms with Crippen molar-refractivity contribution in [3.05, 3.63) is 48.2 Å². The molecule has 2 saturated heterocycles. The van der Waals surface area contributed by atoms with Crippen LogP contribution in [0.3, 0.4) is 0 Å². The highest BCUT2D eigenvalue weighted by atomic mass is 32.2. The zero-order valence-electron chi connectivity index (χ0n) is 20.1. The van der Waals surface area contributed by atoms with Crippen LogP contribution in [0.4, 0.5) is 4.39 Å². The van der Waals surface area contributed by atoms with Gasteiger partial charge in [0.1, 0.15) is 5.82 Å². The number of halogens is 1. The molecular weight excluding hydrogens is 485 g/mol. The lowest BCUT2D eigenvalue weighted by atomic mass is 9.91. The van der Waals surface area contributed by atoms with E-state index in [2.05, 4.69) is 20.3 Å². The first-order chi connectivity index (χ1) is 17.4. The summed E-state index contributed by atoms with van der Waals surface area (Å²) in [4.78, 5) is 29.7. The molecule has 5 rings (SSSR count). The van der Waals surface area contributed by atoms with Crippen LogP contribution in [-0.4, -0.2) is 64.6 Å². The van der Waals surface area contributed by atoms with Crippen molar-refractivity contribution in [2.45, 2.75) is 37.3 Å². The minimum absolute atomic E-state index is 0.0653. The number of ether oxygens (including phenoxy) is 3. The van der Waals surface area contributed by atoms with E-state index < -0.39 is 11.7 Å². The molecule has 2 N–H and O–H groups in total. The Bertz CT molecular complexity index is 1210. The Kier molecular flexibility index (Phi) is 7.33. The maximum Gasteiger partial charge on any atom is 0.230 e. The van der Waals surface area contributed by atoms with Crippen molar-refractivity contribution < 1.29 is 23.4 Å². The van der Waals surface area contributed by atoms with Crippen LogP contribution in [0.1, 0.15) is 31.9 Å². The number of carbonyl (C=O) groups excluding carboxylic acids is 1. The first-order valence-electron chi connectivity index (χ1n) is 11.8. The number of benzene rings is 1. The van der Waals surface area contributed by atoms with E-state index in [9.17, 15) is 9.18 Å². The monoisotopic (exact) mass is 513 g/mol.